The number of aromatic nitrogens is 1. The molecule has 1 fully saturated rings. The summed E-state index contributed by atoms with van der Waals surface area (Å²) in [6.45, 7) is 5.27. The first-order valence-corrected chi connectivity index (χ1v) is 6.53. The molecule has 3 nitrogen and oxygen atoms in total. The van der Waals surface area contributed by atoms with Gasteiger partial charge in [0.05, 0.1) is 5.52 Å². The number of rotatable bonds is 1. The van der Waals surface area contributed by atoms with Crippen molar-refractivity contribution in [3.05, 3.63) is 41.6 Å². The van der Waals surface area contributed by atoms with Crippen LogP contribution in [-0.4, -0.2) is 36.6 Å². The summed E-state index contributed by atoms with van der Waals surface area (Å²) in [5.74, 6) is 0. The maximum absolute atomic E-state index is 4.62. The van der Waals surface area contributed by atoms with Gasteiger partial charge in [0.2, 0.25) is 0 Å². The van der Waals surface area contributed by atoms with Crippen LogP contribution in [0.15, 0.2) is 30.3 Å². The first-order chi connectivity index (χ1) is 8.75. The van der Waals surface area contributed by atoms with Gasteiger partial charge in [0.25, 0.3) is 0 Å². The molecule has 0 spiro atoms. The summed E-state index contributed by atoms with van der Waals surface area (Å²) in [6, 6.07) is 11.1. The van der Waals surface area contributed by atoms with E-state index < -0.39 is 0 Å². The Balaban J connectivity index is 2.15. The molecule has 3 heteroatoms. The second kappa shape index (κ2) is 4.67. The van der Waals surface area contributed by atoms with Crippen LogP contribution in [0.3, 0.4) is 0 Å². The number of hydrogen-bond acceptors (Lipinski definition) is 3. The quantitative estimate of drug-likeness (QED) is 0.829. The smallest absolute Gasteiger partial charge is 0.0708 e. The van der Waals surface area contributed by atoms with Gasteiger partial charge in [-0.3, -0.25) is 9.88 Å². The summed E-state index contributed by atoms with van der Waals surface area (Å²) >= 11 is 0. The molecule has 0 aliphatic carbocycles. The van der Waals surface area contributed by atoms with Crippen molar-refractivity contribution in [2.45, 2.75) is 13.0 Å². The van der Waals surface area contributed by atoms with Crippen LogP contribution < -0.4 is 5.32 Å². The van der Waals surface area contributed by atoms with Crippen LogP contribution in [-0.2, 0) is 0 Å². The van der Waals surface area contributed by atoms with Crippen molar-refractivity contribution < 1.29 is 0 Å². The average Bonchev–Trinajstić information content (AvgIpc) is 2.38. The van der Waals surface area contributed by atoms with E-state index in [1.807, 2.05) is 0 Å². The third-order valence-electron chi connectivity index (χ3n) is 3.75. The molecule has 1 aromatic heterocycles. The third-order valence-corrected chi connectivity index (χ3v) is 3.75. The summed E-state index contributed by atoms with van der Waals surface area (Å²) < 4.78 is 0. The fraction of sp³-hybridized carbons (Fsp3) is 0.400. The number of likely N-dealkylation sites (N-methyl/N-ethyl adjacent to an activating group) is 1. The van der Waals surface area contributed by atoms with E-state index in [1.165, 1.54) is 10.9 Å². The number of hydrogen-bond donors (Lipinski definition) is 1. The Morgan fingerprint density at radius 1 is 1.33 bits per heavy atom. The molecule has 2 heterocycles. The summed E-state index contributed by atoms with van der Waals surface area (Å²) in [4.78, 5) is 7.05. The van der Waals surface area contributed by atoms with Gasteiger partial charge in [-0.15, -0.1) is 0 Å². The van der Waals surface area contributed by atoms with Gasteiger partial charge in [-0.1, -0.05) is 18.2 Å². The van der Waals surface area contributed by atoms with E-state index in [0.717, 1.165) is 30.8 Å². The predicted octanol–water partition coefficient (Wildman–Crippen LogP) is 2.12. The Morgan fingerprint density at radius 3 is 3.00 bits per heavy atom. The topological polar surface area (TPSA) is 28.2 Å². The van der Waals surface area contributed by atoms with Crippen molar-refractivity contribution in [3.8, 4) is 0 Å². The number of piperazine rings is 1. The summed E-state index contributed by atoms with van der Waals surface area (Å²) in [5, 5.41) is 4.77. The number of fused-ring (bicyclic) bond motifs is 1. The monoisotopic (exact) mass is 241 g/mol. The van der Waals surface area contributed by atoms with Gasteiger partial charge in [-0.05, 0) is 31.7 Å². The van der Waals surface area contributed by atoms with E-state index >= 15 is 0 Å². The Bertz CT molecular complexity index is 565. The van der Waals surface area contributed by atoms with E-state index in [2.05, 4.69) is 59.5 Å². The zero-order valence-electron chi connectivity index (χ0n) is 11.0. The molecule has 0 amide bonds. The van der Waals surface area contributed by atoms with Crippen molar-refractivity contribution in [1.82, 2.24) is 15.2 Å². The molecule has 1 atom stereocenters. The van der Waals surface area contributed by atoms with Gasteiger partial charge in [0, 0.05) is 36.8 Å². The van der Waals surface area contributed by atoms with Crippen molar-refractivity contribution >= 4 is 10.9 Å². The normalized spacial score (nSPS) is 21.3. The van der Waals surface area contributed by atoms with Gasteiger partial charge in [-0.25, -0.2) is 0 Å². The first-order valence-electron chi connectivity index (χ1n) is 6.53. The minimum Gasteiger partial charge on any atom is -0.314 e. The lowest BCUT2D eigenvalue weighted by atomic mass is 9.98. The number of nitrogens with one attached hydrogen (secondary N) is 1. The Morgan fingerprint density at radius 2 is 2.17 bits per heavy atom. The van der Waals surface area contributed by atoms with Crippen molar-refractivity contribution in [2.75, 3.05) is 26.7 Å². The van der Waals surface area contributed by atoms with Gasteiger partial charge < -0.3 is 5.32 Å². The molecular formula is C15H19N3. The van der Waals surface area contributed by atoms with Gasteiger partial charge in [0.1, 0.15) is 0 Å². The molecule has 0 saturated carbocycles. The van der Waals surface area contributed by atoms with E-state index in [4.69, 9.17) is 0 Å². The zero-order chi connectivity index (χ0) is 12.5. The fourth-order valence-electron chi connectivity index (χ4n) is 2.77. The molecule has 3 rings (SSSR count). The highest BCUT2D eigenvalue weighted by Crippen LogP contribution is 2.28. The fourth-order valence-corrected chi connectivity index (χ4v) is 2.77. The molecule has 0 bridgehead atoms. The number of aryl methyl sites for hydroxylation is 1. The summed E-state index contributed by atoms with van der Waals surface area (Å²) in [5.41, 5.74) is 3.60. The Kier molecular flexibility index (Phi) is 3.02. The lowest BCUT2D eigenvalue weighted by Gasteiger charge is -2.34. The van der Waals surface area contributed by atoms with Crippen molar-refractivity contribution in [2.24, 2.45) is 0 Å². The van der Waals surface area contributed by atoms with E-state index in [-0.39, 0.29) is 0 Å². The van der Waals surface area contributed by atoms with Gasteiger partial charge in [-0.2, -0.15) is 0 Å². The average molecular weight is 241 g/mol. The summed E-state index contributed by atoms with van der Waals surface area (Å²) in [6.07, 6.45) is 0. The molecule has 18 heavy (non-hydrogen) atoms. The highest BCUT2D eigenvalue weighted by Gasteiger charge is 2.22. The highest BCUT2D eigenvalue weighted by atomic mass is 15.2. The largest absolute Gasteiger partial charge is 0.314 e. The minimum atomic E-state index is 0.449. The molecule has 0 radical (unpaired) electrons. The van der Waals surface area contributed by atoms with Gasteiger partial charge in [0.15, 0.2) is 0 Å². The van der Waals surface area contributed by atoms with Crippen molar-refractivity contribution in [1.29, 1.82) is 0 Å². The molecule has 1 unspecified atom stereocenters. The molecule has 2 aromatic rings. The van der Waals surface area contributed by atoms with Crippen LogP contribution >= 0.6 is 0 Å². The number of pyridine rings is 1. The molecular weight excluding hydrogens is 222 g/mol. The SMILES string of the molecule is Cc1cc(C2CNCCN2C)c2ccccc2n1. The number of para-hydroxylation sites is 1. The first kappa shape index (κ1) is 11.6. The van der Waals surface area contributed by atoms with Crippen LogP contribution in [0.1, 0.15) is 17.3 Å². The number of benzene rings is 1. The second-order valence-corrected chi connectivity index (χ2v) is 5.07. The molecule has 1 aliphatic rings. The molecule has 1 saturated heterocycles. The molecule has 1 aliphatic heterocycles. The highest BCUT2D eigenvalue weighted by molar-refractivity contribution is 5.82. The minimum absolute atomic E-state index is 0.449. The lowest BCUT2D eigenvalue weighted by molar-refractivity contribution is 0.203. The van der Waals surface area contributed by atoms with Crippen LogP contribution in [0.25, 0.3) is 10.9 Å². The van der Waals surface area contributed by atoms with Crippen LogP contribution in [0.4, 0.5) is 0 Å². The standard InChI is InChI=1S/C15H19N3/c1-11-9-13(15-10-16-7-8-18(15)2)12-5-3-4-6-14(12)17-11/h3-6,9,15-16H,7-8,10H2,1-2H3. The molecule has 1 aromatic carbocycles. The third kappa shape index (κ3) is 2.00. The lowest BCUT2D eigenvalue weighted by Crippen LogP contribution is -2.43. The van der Waals surface area contributed by atoms with Crippen LogP contribution in [0.2, 0.25) is 0 Å². The van der Waals surface area contributed by atoms with E-state index in [9.17, 15) is 0 Å². The molecule has 1 N–H and O–H groups in total. The number of nitrogens with zero attached hydrogens (tertiary/aromatic N) is 2. The maximum Gasteiger partial charge on any atom is 0.0708 e. The zero-order valence-corrected chi connectivity index (χ0v) is 11.0. The Labute approximate surface area is 108 Å². The van der Waals surface area contributed by atoms with E-state index in [0.29, 0.717) is 6.04 Å². The van der Waals surface area contributed by atoms with Crippen molar-refractivity contribution in [3.63, 3.8) is 0 Å². The van der Waals surface area contributed by atoms with Crippen LogP contribution in [0.5, 0.6) is 0 Å². The Hall–Kier alpha value is -1.45. The van der Waals surface area contributed by atoms with E-state index in [1.54, 1.807) is 0 Å². The predicted molar refractivity (Wildman–Crippen MR) is 74.7 cm³/mol. The second-order valence-electron chi connectivity index (χ2n) is 5.07. The maximum atomic E-state index is 4.62. The summed E-state index contributed by atoms with van der Waals surface area (Å²) in [7, 11) is 2.20. The van der Waals surface area contributed by atoms with Gasteiger partial charge >= 0.3 is 0 Å². The molecule has 94 valence electrons. The van der Waals surface area contributed by atoms with Crippen LogP contribution in [0, 0.1) is 6.92 Å².